The van der Waals surface area contributed by atoms with Crippen LogP contribution in [0.15, 0.2) is 41.1 Å². The Labute approximate surface area is 144 Å². The predicted octanol–water partition coefficient (Wildman–Crippen LogP) is 3.66. The number of aromatic nitrogens is 2. The summed E-state index contributed by atoms with van der Waals surface area (Å²) >= 11 is 3.52. The van der Waals surface area contributed by atoms with Crippen molar-refractivity contribution >= 4 is 27.5 Å². The smallest absolute Gasteiger partial charge is 0.262 e. The van der Waals surface area contributed by atoms with Crippen LogP contribution in [0.3, 0.4) is 0 Å². The third-order valence-corrected chi connectivity index (χ3v) is 4.77. The molecule has 1 unspecified atom stereocenters. The molecule has 23 heavy (non-hydrogen) atoms. The second kappa shape index (κ2) is 6.84. The number of carbonyl (C=O) groups excluding carboxylic acids is 1. The van der Waals surface area contributed by atoms with Gasteiger partial charge in [-0.25, -0.2) is 0 Å². The summed E-state index contributed by atoms with van der Waals surface area (Å²) in [5, 5.41) is 4.33. The molecule has 1 aliphatic rings. The van der Waals surface area contributed by atoms with Crippen molar-refractivity contribution in [2.75, 3.05) is 18.1 Å². The zero-order valence-corrected chi connectivity index (χ0v) is 14.9. The number of anilines is 1. The first-order valence-corrected chi connectivity index (χ1v) is 8.58. The predicted molar refractivity (Wildman–Crippen MR) is 92.8 cm³/mol. The van der Waals surface area contributed by atoms with E-state index in [1.807, 2.05) is 53.8 Å². The van der Waals surface area contributed by atoms with Gasteiger partial charge in [0, 0.05) is 18.3 Å². The molecule has 1 fully saturated rings. The number of hydrogen-bond acceptors (Lipinski definition) is 3. The highest BCUT2D eigenvalue weighted by Crippen LogP contribution is 2.28. The summed E-state index contributed by atoms with van der Waals surface area (Å²) in [7, 11) is 0. The van der Waals surface area contributed by atoms with Crippen LogP contribution in [0, 0.1) is 0 Å². The van der Waals surface area contributed by atoms with Crippen LogP contribution in [-0.4, -0.2) is 34.9 Å². The van der Waals surface area contributed by atoms with Crippen LogP contribution in [0.2, 0.25) is 0 Å². The van der Waals surface area contributed by atoms with E-state index in [9.17, 15) is 4.79 Å². The van der Waals surface area contributed by atoms with E-state index in [1.165, 1.54) is 0 Å². The molecule has 0 spiro atoms. The first-order valence-electron chi connectivity index (χ1n) is 7.79. The molecule has 3 rings (SSSR count). The second-order valence-electron chi connectivity index (χ2n) is 5.92. The number of halogens is 1. The monoisotopic (exact) mass is 377 g/mol. The van der Waals surface area contributed by atoms with Crippen LogP contribution in [0.25, 0.3) is 0 Å². The normalized spacial score (nSPS) is 17.7. The summed E-state index contributed by atoms with van der Waals surface area (Å²) in [6, 6.07) is 9.98. The molecule has 0 aliphatic carbocycles. The molecular formula is C17H20BrN3O2. The highest BCUT2D eigenvalue weighted by atomic mass is 79.9. The summed E-state index contributed by atoms with van der Waals surface area (Å²) in [5.41, 5.74) is 1.46. The fourth-order valence-electron chi connectivity index (χ4n) is 2.79. The van der Waals surface area contributed by atoms with Crippen molar-refractivity contribution in [1.82, 2.24) is 9.78 Å². The number of benzene rings is 1. The summed E-state index contributed by atoms with van der Waals surface area (Å²) in [6.07, 6.45) is 2.48. The van der Waals surface area contributed by atoms with Crippen molar-refractivity contribution in [3.8, 4) is 0 Å². The largest absolute Gasteiger partial charge is 0.379 e. The van der Waals surface area contributed by atoms with E-state index in [-0.39, 0.29) is 18.0 Å². The van der Waals surface area contributed by atoms with E-state index in [2.05, 4.69) is 21.0 Å². The number of hydrogen-bond donors (Lipinski definition) is 0. The molecule has 1 aromatic heterocycles. The van der Waals surface area contributed by atoms with Gasteiger partial charge in [-0.15, -0.1) is 0 Å². The van der Waals surface area contributed by atoms with Crippen LogP contribution in [0.5, 0.6) is 0 Å². The van der Waals surface area contributed by atoms with Crippen molar-refractivity contribution in [2.24, 2.45) is 0 Å². The number of rotatable bonds is 4. The molecular weight excluding hydrogens is 358 g/mol. The Bertz CT molecular complexity index is 678. The molecule has 1 atom stereocenters. The van der Waals surface area contributed by atoms with Gasteiger partial charge in [0.25, 0.3) is 5.91 Å². The molecule has 0 radical (unpaired) electrons. The number of para-hydroxylation sites is 1. The SMILES string of the molecule is CC(C)n1ncc(C(=O)N(c2ccccc2)C2CCOC2)c1Br. The van der Waals surface area contributed by atoms with Crippen LogP contribution in [0.1, 0.15) is 36.7 Å². The van der Waals surface area contributed by atoms with Crippen LogP contribution in [0.4, 0.5) is 5.69 Å². The van der Waals surface area contributed by atoms with Gasteiger partial charge in [-0.05, 0) is 48.3 Å². The minimum Gasteiger partial charge on any atom is -0.379 e. The maximum Gasteiger partial charge on any atom is 0.262 e. The lowest BCUT2D eigenvalue weighted by molar-refractivity contribution is 0.0970. The maximum atomic E-state index is 13.2. The second-order valence-corrected chi connectivity index (χ2v) is 6.67. The van der Waals surface area contributed by atoms with Gasteiger partial charge in [0.15, 0.2) is 0 Å². The number of nitrogens with zero attached hydrogens (tertiary/aromatic N) is 3. The van der Waals surface area contributed by atoms with Gasteiger partial charge in [0.1, 0.15) is 4.60 Å². The van der Waals surface area contributed by atoms with Crippen LogP contribution < -0.4 is 4.90 Å². The summed E-state index contributed by atoms with van der Waals surface area (Å²) in [4.78, 5) is 15.0. The van der Waals surface area contributed by atoms with Crippen molar-refractivity contribution in [1.29, 1.82) is 0 Å². The number of ether oxygens (including phenoxy) is 1. The topological polar surface area (TPSA) is 47.4 Å². The molecule has 0 N–H and O–H groups in total. The third kappa shape index (κ3) is 3.19. The zero-order chi connectivity index (χ0) is 16.4. The average molecular weight is 378 g/mol. The standard InChI is InChI=1S/C17H20BrN3O2/c1-12(2)21-16(18)15(10-19-21)17(22)20(14-8-9-23-11-14)13-6-4-3-5-7-13/h3-7,10,12,14H,8-9,11H2,1-2H3. The summed E-state index contributed by atoms with van der Waals surface area (Å²) in [5.74, 6) is -0.0505. The van der Waals surface area contributed by atoms with Gasteiger partial charge in [-0.1, -0.05) is 18.2 Å². The van der Waals surface area contributed by atoms with E-state index >= 15 is 0 Å². The van der Waals surface area contributed by atoms with Crippen LogP contribution >= 0.6 is 15.9 Å². The van der Waals surface area contributed by atoms with E-state index < -0.39 is 0 Å². The molecule has 1 amide bonds. The van der Waals surface area contributed by atoms with E-state index in [1.54, 1.807) is 6.20 Å². The molecule has 6 heteroatoms. The quantitative estimate of drug-likeness (QED) is 0.816. The van der Waals surface area contributed by atoms with Crippen molar-refractivity contribution < 1.29 is 9.53 Å². The molecule has 2 heterocycles. The van der Waals surface area contributed by atoms with Crippen molar-refractivity contribution in [3.05, 3.63) is 46.7 Å². The number of amides is 1. The van der Waals surface area contributed by atoms with Gasteiger partial charge in [-0.2, -0.15) is 5.10 Å². The average Bonchev–Trinajstić information content (AvgIpc) is 3.18. The van der Waals surface area contributed by atoms with Crippen molar-refractivity contribution in [3.63, 3.8) is 0 Å². The summed E-state index contributed by atoms with van der Waals surface area (Å²) in [6.45, 7) is 5.32. The van der Waals surface area contributed by atoms with Crippen molar-refractivity contribution in [2.45, 2.75) is 32.4 Å². The lowest BCUT2D eigenvalue weighted by Gasteiger charge is -2.28. The van der Waals surface area contributed by atoms with E-state index in [4.69, 9.17) is 4.74 Å². The lowest BCUT2D eigenvalue weighted by Crippen LogP contribution is -2.41. The molecule has 5 nitrogen and oxygen atoms in total. The molecule has 0 saturated carbocycles. The first-order chi connectivity index (χ1) is 11.1. The fraction of sp³-hybridized carbons (Fsp3) is 0.412. The van der Waals surface area contributed by atoms with E-state index in [0.29, 0.717) is 18.8 Å². The Morgan fingerprint density at radius 3 is 2.70 bits per heavy atom. The fourth-order valence-corrected chi connectivity index (χ4v) is 3.56. The third-order valence-electron chi connectivity index (χ3n) is 3.98. The van der Waals surface area contributed by atoms with Crippen LogP contribution in [-0.2, 0) is 4.74 Å². The Hall–Kier alpha value is -1.66. The van der Waals surface area contributed by atoms with Gasteiger partial charge in [0.05, 0.1) is 24.4 Å². The Morgan fingerprint density at radius 2 is 2.13 bits per heavy atom. The Morgan fingerprint density at radius 1 is 1.39 bits per heavy atom. The van der Waals surface area contributed by atoms with Gasteiger partial charge >= 0.3 is 0 Å². The molecule has 1 saturated heterocycles. The minimum atomic E-state index is -0.0505. The zero-order valence-electron chi connectivity index (χ0n) is 13.3. The van der Waals surface area contributed by atoms with Gasteiger partial charge in [0.2, 0.25) is 0 Å². The Balaban J connectivity index is 1.98. The Kier molecular flexibility index (Phi) is 4.82. The summed E-state index contributed by atoms with van der Waals surface area (Å²) < 4.78 is 8.02. The lowest BCUT2D eigenvalue weighted by atomic mass is 10.1. The number of carbonyl (C=O) groups is 1. The molecule has 122 valence electrons. The highest BCUT2D eigenvalue weighted by Gasteiger charge is 2.31. The van der Waals surface area contributed by atoms with Gasteiger partial charge < -0.3 is 9.64 Å². The first kappa shape index (κ1) is 16.2. The highest BCUT2D eigenvalue weighted by molar-refractivity contribution is 9.10. The maximum absolute atomic E-state index is 13.2. The molecule has 2 aromatic rings. The minimum absolute atomic E-state index is 0.0505. The molecule has 1 aliphatic heterocycles. The van der Waals surface area contributed by atoms with E-state index in [0.717, 1.165) is 16.7 Å². The molecule has 0 bridgehead atoms. The molecule has 1 aromatic carbocycles. The van der Waals surface area contributed by atoms with Gasteiger partial charge in [-0.3, -0.25) is 9.48 Å².